The fraction of sp³-hybridized carbons (Fsp3) is 0.381. The smallest absolute Gasteiger partial charge is 0.251 e. The van der Waals surface area contributed by atoms with E-state index < -0.39 is 11.7 Å². The predicted molar refractivity (Wildman–Crippen MR) is 105 cm³/mol. The molecule has 1 aromatic heterocycles. The van der Waals surface area contributed by atoms with Crippen molar-refractivity contribution in [1.29, 1.82) is 0 Å². The lowest BCUT2D eigenvalue weighted by Gasteiger charge is -2.21. The van der Waals surface area contributed by atoms with Crippen LogP contribution in [0, 0.1) is 5.82 Å². The number of hydrogen-bond donors (Lipinski definition) is 2. The molecular formula is C21H25FN4O2. The molecule has 3 rings (SSSR count). The van der Waals surface area contributed by atoms with Crippen LogP contribution in [0.5, 0.6) is 0 Å². The Hall–Kier alpha value is -2.96. The van der Waals surface area contributed by atoms with Crippen LogP contribution in [0.15, 0.2) is 42.6 Å². The molecule has 2 heterocycles. The topological polar surface area (TPSA) is 74.3 Å². The van der Waals surface area contributed by atoms with Gasteiger partial charge in [-0.1, -0.05) is 18.9 Å². The Balaban J connectivity index is 1.42. The number of rotatable bonds is 6. The summed E-state index contributed by atoms with van der Waals surface area (Å²) in [5, 5.41) is 5.27. The fourth-order valence-corrected chi connectivity index (χ4v) is 3.14. The first-order valence-electron chi connectivity index (χ1n) is 9.62. The van der Waals surface area contributed by atoms with Crippen molar-refractivity contribution in [3.8, 4) is 0 Å². The van der Waals surface area contributed by atoms with Crippen molar-refractivity contribution in [3.05, 3.63) is 59.5 Å². The molecule has 28 heavy (non-hydrogen) atoms. The van der Waals surface area contributed by atoms with Gasteiger partial charge in [-0.05, 0) is 48.7 Å². The van der Waals surface area contributed by atoms with Gasteiger partial charge >= 0.3 is 0 Å². The van der Waals surface area contributed by atoms with Gasteiger partial charge in [0.2, 0.25) is 5.91 Å². The maximum Gasteiger partial charge on any atom is 0.251 e. The lowest BCUT2D eigenvalue weighted by Crippen LogP contribution is -2.36. The molecule has 1 aliphatic heterocycles. The molecule has 0 spiro atoms. The molecule has 148 valence electrons. The third kappa shape index (κ3) is 5.77. The van der Waals surface area contributed by atoms with Crippen molar-refractivity contribution >= 4 is 17.6 Å². The van der Waals surface area contributed by atoms with Crippen LogP contribution in [0.4, 0.5) is 10.2 Å². The molecule has 1 fully saturated rings. The first kappa shape index (κ1) is 19.8. The molecule has 0 radical (unpaired) electrons. The van der Waals surface area contributed by atoms with Gasteiger partial charge in [0.1, 0.15) is 11.6 Å². The summed E-state index contributed by atoms with van der Waals surface area (Å²) in [6.07, 6.45) is 6.72. The number of pyridine rings is 1. The Kier molecular flexibility index (Phi) is 6.94. The lowest BCUT2D eigenvalue weighted by molar-refractivity contribution is -0.120. The number of nitrogens with one attached hydrogen (secondary N) is 2. The zero-order chi connectivity index (χ0) is 19.8. The number of amides is 2. The quantitative estimate of drug-likeness (QED) is 0.803. The molecule has 7 heteroatoms. The van der Waals surface area contributed by atoms with Gasteiger partial charge in [0.15, 0.2) is 0 Å². The highest BCUT2D eigenvalue weighted by atomic mass is 19.1. The summed E-state index contributed by atoms with van der Waals surface area (Å²) in [5.74, 6) is -0.154. The average Bonchev–Trinajstić information content (AvgIpc) is 3.01. The molecule has 2 aromatic rings. The minimum Gasteiger partial charge on any atom is -0.357 e. The highest BCUT2D eigenvalue weighted by Crippen LogP contribution is 2.17. The van der Waals surface area contributed by atoms with Crippen molar-refractivity contribution in [1.82, 2.24) is 15.6 Å². The van der Waals surface area contributed by atoms with E-state index in [1.807, 2.05) is 12.1 Å². The van der Waals surface area contributed by atoms with E-state index >= 15 is 0 Å². The molecular weight excluding hydrogens is 359 g/mol. The van der Waals surface area contributed by atoms with Gasteiger partial charge in [-0.3, -0.25) is 9.59 Å². The van der Waals surface area contributed by atoms with Gasteiger partial charge in [-0.15, -0.1) is 0 Å². The van der Waals surface area contributed by atoms with Crippen molar-refractivity contribution in [2.75, 3.05) is 24.5 Å². The van der Waals surface area contributed by atoms with E-state index in [0.717, 1.165) is 24.5 Å². The van der Waals surface area contributed by atoms with E-state index in [4.69, 9.17) is 0 Å². The van der Waals surface area contributed by atoms with E-state index in [2.05, 4.69) is 20.5 Å². The number of aromatic nitrogens is 1. The van der Waals surface area contributed by atoms with E-state index in [0.29, 0.717) is 12.1 Å². The first-order valence-corrected chi connectivity index (χ1v) is 9.62. The van der Waals surface area contributed by atoms with Crippen LogP contribution >= 0.6 is 0 Å². The largest absolute Gasteiger partial charge is 0.357 e. The van der Waals surface area contributed by atoms with E-state index in [-0.39, 0.29) is 12.5 Å². The fourth-order valence-electron chi connectivity index (χ4n) is 3.14. The minimum atomic E-state index is -0.418. The van der Waals surface area contributed by atoms with Crippen LogP contribution in [0.2, 0.25) is 0 Å². The molecule has 2 N–H and O–H groups in total. The molecule has 0 saturated carbocycles. The second-order valence-electron chi connectivity index (χ2n) is 6.89. The molecule has 1 aliphatic rings. The first-order chi connectivity index (χ1) is 13.6. The molecule has 6 nitrogen and oxygen atoms in total. The Morgan fingerprint density at radius 1 is 0.964 bits per heavy atom. The highest BCUT2D eigenvalue weighted by Gasteiger charge is 2.11. The molecule has 0 bridgehead atoms. The van der Waals surface area contributed by atoms with E-state index in [1.54, 1.807) is 6.20 Å². The zero-order valence-corrected chi connectivity index (χ0v) is 15.8. The van der Waals surface area contributed by atoms with E-state index in [9.17, 15) is 14.0 Å². The molecule has 0 unspecified atom stereocenters. The normalized spacial score (nSPS) is 14.2. The van der Waals surface area contributed by atoms with E-state index in [1.165, 1.54) is 49.9 Å². The SMILES string of the molecule is O=C(CNC(=O)c1ccc(F)cc1)NCc1ccc(N2CCCCCC2)nc1. The summed E-state index contributed by atoms with van der Waals surface area (Å²) in [5.41, 5.74) is 1.21. The Morgan fingerprint density at radius 3 is 2.32 bits per heavy atom. The highest BCUT2D eigenvalue weighted by molar-refractivity contribution is 5.96. The number of nitrogens with zero attached hydrogens (tertiary/aromatic N) is 2. The van der Waals surface area contributed by atoms with Crippen molar-refractivity contribution in [3.63, 3.8) is 0 Å². The van der Waals surface area contributed by atoms with Gasteiger partial charge in [0.05, 0.1) is 6.54 Å². The predicted octanol–water partition coefficient (Wildman–Crippen LogP) is 2.65. The van der Waals surface area contributed by atoms with Crippen LogP contribution in [0.3, 0.4) is 0 Å². The third-order valence-corrected chi connectivity index (χ3v) is 4.74. The van der Waals surface area contributed by atoms with Gasteiger partial charge in [0, 0.05) is 31.4 Å². The Labute approximate surface area is 164 Å². The lowest BCUT2D eigenvalue weighted by atomic mass is 10.2. The molecule has 0 atom stereocenters. The molecule has 0 aliphatic carbocycles. The molecule has 2 amide bonds. The Morgan fingerprint density at radius 2 is 1.68 bits per heavy atom. The second-order valence-corrected chi connectivity index (χ2v) is 6.89. The minimum absolute atomic E-state index is 0.143. The van der Waals surface area contributed by atoms with Crippen LogP contribution in [0.1, 0.15) is 41.6 Å². The van der Waals surface area contributed by atoms with Crippen LogP contribution in [0.25, 0.3) is 0 Å². The maximum atomic E-state index is 12.9. The molecule has 1 aromatic carbocycles. The van der Waals surface area contributed by atoms with Crippen LogP contribution in [-0.4, -0.2) is 36.4 Å². The number of anilines is 1. The van der Waals surface area contributed by atoms with Gasteiger partial charge < -0.3 is 15.5 Å². The van der Waals surface area contributed by atoms with Gasteiger partial charge in [-0.2, -0.15) is 0 Å². The summed E-state index contributed by atoms with van der Waals surface area (Å²) >= 11 is 0. The molecule has 1 saturated heterocycles. The number of carbonyl (C=O) groups is 2. The van der Waals surface area contributed by atoms with Crippen molar-refractivity contribution in [2.24, 2.45) is 0 Å². The van der Waals surface area contributed by atoms with Crippen LogP contribution in [-0.2, 0) is 11.3 Å². The summed E-state index contributed by atoms with van der Waals surface area (Å²) < 4.78 is 12.9. The van der Waals surface area contributed by atoms with Gasteiger partial charge in [0.25, 0.3) is 5.91 Å². The average molecular weight is 384 g/mol. The van der Waals surface area contributed by atoms with Gasteiger partial charge in [-0.25, -0.2) is 9.37 Å². The maximum absolute atomic E-state index is 12.9. The zero-order valence-electron chi connectivity index (χ0n) is 15.8. The summed E-state index contributed by atoms with van der Waals surface area (Å²) in [6, 6.07) is 9.11. The number of benzene rings is 1. The van der Waals surface area contributed by atoms with Crippen molar-refractivity contribution in [2.45, 2.75) is 32.2 Å². The van der Waals surface area contributed by atoms with Crippen molar-refractivity contribution < 1.29 is 14.0 Å². The monoisotopic (exact) mass is 384 g/mol. The number of hydrogen-bond acceptors (Lipinski definition) is 4. The summed E-state index contributed by atoms with van der Waals surface area (Å²) in [4.78, 5) is 30.7. The number of carbonyl (C=O) groups excluding carboxylic acids is 2. The summed E-state index contributed by atoms with van der Waals surface area (Å²) in [7, 11) is 0. The summed E-state index contributed by atoms with van der Waals surface area (Å²) in [6.45, 7) is 2.28. The van der Waals surface area contributed by atoms with Crippen LogP contribution < -0.4 is 15.5 Å². The number of halogens is 1. The second kappa shape index (κ2) is 9.82. The Bertz CT molecular complexity index is 785. The third-order valence-electron chi connectivity index (χ3n) is 4.74. The standard InChI is InChI=1S/C21H25FN4O2/c22-18-8-6-17(7-9-18)21(28)25-15-20(27)24-14-16-5-10-19(23-13-16)26-11-3-1-2-4-12-26/h5-10,13H,1-4,11-12,14-15H2,(H,24,27)(H,25,28).